The maximum absolute atomic E-state index is 13.6. The molecule has 3 heterocycles. The zero-order valence-electron chi connectivity index (χ0n) is 19.9. The number of fused-ring (bicyclic) bond motifs is 1. The maximum atomic E-state index is 13.6. The molecule has 1 unspecified atom stereocenters. The number of nitrogens with two attached hydrogens (primary N) is 1. The standard InChI is InChI=1S/C22H23F3N6O5S/c1-12-16(22(23,24)25)5-4-15(13-6-7-27-18(8-13)35-3)19(12)29-21(32)30-37(26,33)17-9-28-31-10-14(34-2)11-36-20(17)31/h4-9,14H,10-11H2,1-3H3,(H3,26,29,30,32,33)/t14-,37?/m0/s1. The average Bonchev–Trinajstić information content (AvgIpc) is 3.28. The molecule has 2 amide bonds. The SMILES string of the molecule is COc1cc(-c2ccc(C(F)(F)F)c(C)c2NC(=O)N=S(N)(=O)c2cnn3c2OC[C@@H](OC)C3)ccn1. The van der Waals surface area contributed by atoms with E-state index in [2.05, 4.69) is 19.8 Å². The van der Waals surface area contributed by atoms with Gasteiger partial charge in [-0.15, -0.1) is 4.36 Å². The van der Waals surface area contributed by atoms with Crippen LogP contribution in [-0.2, 0) is 27.4 Å². The van der Waals surface area contributed by atoms with Crippen LogP contribution in [0, 0.1) is 6.92 Å². The van der Waals surface area contributed by atoms with Crippen molar-refractivity contribution in [3.05, 3.63) is 47.8 Å². The Hall–Kier alpha value is -3.69. The number of aromatic nitrogens is 3. The first kappa shape index (κ1) is 26.4. The van der Waals surface area contributed by atoms with Gasteiger partial charge in [0.25, 0.3) is 0 Å². The number of benzene rings is 1. The molecule has 3 aromatic rings. The molecule has 0 radical (unpaired) electrons. The lowest BCUT2D eigenvalue weighted by Gasteiger charge is -2.23. The van der Waals surface area contributed by atoms with Crippen molar-refractivity contribution in [2.45, 2.75) is 30.6 Å². The fraction of sp³-hybridized carbons (Fsp3) is 0.318. The Morgan fingerprint density at radius 2 is 2.08 bits per heavy atom. The van der Waals surface area contributed by atoms with Crippen LogP contribution >= 0.6 is 0 Å². The van der Waals surface area contributed by atoms with Crippen molar-refractivity contribution in [3.63, 3.8) is 0 Å². The Kier molecular flexibility index (Phi) is 7.12. The average molecular weight is 541 g/mol. The molecule has 0 bridgehead atoms. The molecule has 0 aliphatic carbocycles. The number of alkyl halides is 3. The van der Waals surface area contributed by atoms with Crippen molar-refractivity contribution in [1.29, 1.82) is 0 Å². The van der Waals surface area contributed by atoms with E-state index < -0.39 is 27.7 Å². The smallest absolute Gasteiger partial charge is 0.416 e. The molecule has 3 N–H and O–H groups in total. The van der Waals surface area contributed by atoms with Gasteiger partial charge in [0.2, 0.25) is 11.8 Å². The molecule has 1 aliphatic heterocycles. The van der Waals surface area contributed by atoms with Gasteiger partial charge in [0.15, 0.2) is 9.92 Å². The van der Waals surface area contributed by atoms with Gasteiger partial charge in [0.05, 0.1) is 31.1 Å². The van der Waals surface area contributed by atoms with Gasteiger partial charge in [-0.25, -0.2) is 23.8 Å². The second kappa shape index (κ2) is 9.99. The fourth-order valence-electron chi connectivity index (χ4n) is 3.80. The van der Waals surface area contributed by atoms with Gasteiger partial charge in [-0.3, -0.25) is 0 Å². The minimum atomic E-state index is -4.69. The lowest BCUT2D eigenvalue weighted by Crippen LogP contribution is -2.32. The number of methoxy groups -OCH3 is 2. The highest BCUT2D eigenvalue weighted by molar-refractivity contribution is 7.91. The number of amides is 2. The summed E-state index contributed by atoms with van der Waals surface area (Å²) in [4.78, 5) is 16.7. The van der Waals surface area contributed by atoms with E-state index >= 15 is 0 Å². The van der Waals surface area contributed by atoms with Gasteiger partial charge in [0.1, 0.15) is 17.6 Å². The number of urea groups is 1. The predicted molar refractivity (Wildman–Crippen MR) is 127 cm³/mol. The topological polar surface area (TPSA) is 143 Å². The van der Waals surface area contributed by atoms with Crippen molar-refractivity contribution in [2.24, 2.45) is 9.50 Å². The molecular formula is C22H23F3N6O5S. The minimum Gasteiger partial charge on any atom is -0.481 e. The zero-order valence-corrected chi connectivity index (χ0v) is 20.7. The second-order valence-corrected chi connectivity index (χ2v) is 9.76. The molecular weight excluding hydrogens is 517 g/mol. The molecule has 2 atom stereocenters. The molecule has 0 spiro atoms. The van der Waals surface area contributed by atoms with Crippen LogP contribution in [0.3, 0.4) is 0 Å². The number of hydrogen-bond donors (Lipinski definition) is 2. The van der Waals surface area contributed by atoms with Gasteiger partial charge in [-0.2, -0.15) is 18.3 Å². The monoisotopic (exact) mass is 540 g/mol. The van der Waals surface area contributed by atoms with Gasteiger partial charge in [-0.05, 0) is 30.2 Å². The third-order valence-corrected chi connectivity index (χ3v) is 7.01. The third kappa shape index (κ3) is 5.38. The minimum absolute atomic E-state index is 0.0668. The summed E-state index contributed by atoms with van der Waals surface area (Å²) in [7, 11) is -0.992. The van der Waals surface area contributed by atoms with E-state index in [0.29, 0.717) is 12.1 Å². The third-order valence-electron chi connectivity index (χ3n) is 5.67. The van der Waals surface area contributed by atoms with Crippen LogP contribution in [0.1, 0.15) is 11.1 Å². The highest BCUT2D eigenvalue weighted by Gasteiger charge is 2.34. The van der Waals surface area contributed by atoms with Crippen molar-refractivity contribution >= 4 is 21.6 Å². The zero-order chi connectivity index (χ0) is 27.0. The Morgan fingerprint density at radius 3 is 2.76 bits per heavy atom. The van der Waals surface area contributed by atoms with Crippen molar-refractivity contribution < 1.29 is 36.4 Å². The first-order chi connectivity index (χ1) is 17.4. The normalized spacial score (nSPS) is 16.8. The second-order valence-electron chi connectivity index (χ2n) is 8.00. The highest BCUT2D eigenvalue weighted by Crippen LogP contribution is 2.40. The summed E-state index contributed by atoms with van der Waals surface area (Å²) < 4.78 is 74.9. The van der Waals surface area contributed by atoms with Crippen molar-refractivity contribution in [3.8, 4) is 22.9 Å². The van der Waals surface area contributed by atoms with Crippen LogP contribution in [0.5, 0.6) is 11.8 Å². The van der Waals surface area contributed by atoms with Gasteiger partial charge >= 0.3 is 12.2 Å². The van der Waals surface area contributed by atoms with Gasteiger partial charge in [-0.1, -0.05) is 6.07 Å². The van der Waals surface area contributed by atoms with E-state index in [1.807, 2.05) is 0 Å². The Bertz CT molecular complexity index is 1470. The maximum Gasteiger partial charge on any atom is 0.416 e. The van der Waals surface area contributed by atoms with Crippen LogP contribution in [0.4, 0.5) is 23.7 Å². The number of nitrogens with one attached hydrogen (secondary N) is 1. The van der Waals surface area contributed by atoms with E-state index in [4.69, 9.17) is 19.3 Å². The molecule has 0 saturated heterocycles. The summed E-state index contributed by atoms with van der Waals surface area (Å²) >= 11 is 0. The predicted octanol–water partition coefficient (Wildman–Crippen LogP) is 3.62. The van der Waals surface area contributed by atoms with Crippen LogP contribution in [-0.4, -0.2) is 51.9 Å². The van der Waals surface area contributed by atoms with Crippen LogP contribution in [0.25, 0.3) is 11.1 Å². The summed E-state index contributed by atoms with van der Waals surface area (Å²) in [6.45, 7) is 1.64. The number of carbonyl (C=O) groups is 1. The number of halogens is 3. The lowest BCUT2D eigenvalue weighted by molar-refractivity contribution is -0.138. The van der Waals surface area contributed by atoms with Crippen molar-refractivity contribution in [1.82, 2.24) is 14.8 Å². The van der Waals surface area contributed by atoms with E-state index in [0.717, 1.165) is 12.3 Å². The quantitative estimate of drug-likeness (QED) is 0.503. The lowest BCUT2D eigenvalue weighted by atomic mass is 9.97. The molecule has 0 saturated carbocycles. The molecule has 15 heteroatoms. The number of rotatable bonds is 5. The summed E-state index contributed by atoms with van der Waals surface area (Å²) in [6, 6.07) is 3.91. The first-order valence-electron chi connectivity index (χ1n) is 10.7. The molecule has 1 aliphatic rings. The van der Waals surface area contributed by atoms with E-state index in [9.17, 15) is 22.2 Å². The summed E-state index contributed by atoms with van der Waals surface area (Å²) in [6.07, 6.45) is -2.41. The number of anilines is 1. The number of pyridine rings is 1. The number of ether oxygens (including phenoxy) is 3. The highest BCUT2D eigenvalue weighted by atomic mass is 32.2. The van der Waals surface area contributed by atoms with Crippen molar-refractivity contribution in [2.75, 3.05) is 26.1 Å². The number of nitrogens with zero attached hydrogens (tertiary/aromatic N) is 4. The molecule has 2 aromatic heterocycles. The molecule has 4 rings (SSSR count). The number of carbonyl (C=O) groups excluding carboxylic acids is 1. The summed E-state index contributed by atoms with van der Waals surface area (Å²) in [5, 5.41) is 12.3. The molecule has 0 fully saturated rings. The van der Waals surface area contributed by atoms with Crippen LogP contribution < -0.4 is 19.9 Å². The van der Waals surface area contributed by atoms with Crippen LogP contribution in [0.15, 0.2) is 45.9 Å². The molecule has 198 valence electrons. The summed E-state index contributed by atoms with van der Waals surface area (Å²) in [5.74, 6) is 0.279. The molecule has 11 nitrogen and oxygen atoms in total. The van der Waals surface area contributed by atoms with E-state index in [-0.39, 0.29) is 46.2 Å². The Balaban J connectivity index is 1.74. The largest absolute Gasteiger partial charge is 0.481 e. The van der Waals surface area contributed by atoms with Gasteiger partial charge < -0.3 is 19.5 Å². The van der Waals surface area contributed by atoms with E-state index in [1.54, 1.807) is 0 Å². The first-order valence-corrected chi connectivity index (χ1v) is 12.3. The van der Waals surface area contributed by atoms with E-state index in [1.165, 1.54) is 50.2 Å². The fourth-order valence-corrected chi connectivity index (χ4v) is 4.81. The molecule has 37 heavy (non-hydrogen) atoms. The number of hydrogen-bond acceptors (Lipinski definition) is 7. The van der Waals surface area contributed by atoms with Gasteiger partial charge in [0, 0.05) is 24.9 Å². The Morgan fingerprint density at radius 1 is 1.32 bits per heavy atom. The molecule has 1 aromatic carbocycles. The van der Waals surface area contributed by atoms with Crippen LogP contribution in [0.2, 0.25) is 0 Å². The Labute approximate surface area is 210 Å². The summed E-state index contributed by atoms with van der Waals surface area (Å²) in [5.41, 5.74) is -0.782.